The molecule has 0 spiro atoms. The van der Waals surface area contributed by atoms with E-state index in [4.69, 9.17) is 0 Å². The van der Waals surface area contributed by atoms with E-state index in [1.165, 1.54) is 0 Å². The summed E-state index contributed by atoms with van der Waals surface area (Å²) >= 11 is 0. The summed E-state index contributed by atoms with van der Waals surface area (Å²) in [5, 5.41) is 3.49. The predicted octanol–water partition coefficient (Wildman–Crippen LogP) is 1.38. The Morgan fingerprint density at radius 1 is 0.905 bits per heavy atom. The molecule has 2 heterocycles. The topological polar surface area (TPSA) is 52.7 Å². The first-order valence-electron chi connectivity index (χ1n) is 8.47. The summed E-state index contributed by atoms with van der Waals surface area (Å²) in [6, 6.07) is 0.596. The molecule has 2 unspecified atom stereocenters. The van der Waals surface area contributed by atoms with Crippen LogP contribution in [0.4, 0.5) is 0 Å². The minimum absolute atomic E-state index is 0.297. The van der Waals surface area contributed by atoms with E-state index in [0.717, 1.165) is 51.9 Å². The van der Waals surface area contributed by atoms with E-state index in [2.05, 4.69) is 19.2 Å². The van der Waals surface area contributed by atoms with Crippen LogP contribution < -0.4 is 5.32 Å². The van der Waals surface area contributed by atoms with E-state index in [-0.39, 0.29) is 0 Å². The van der Waals surface area contributed by atoms with Gasteiger partial charge in [0.05, 0.1) is 0 Å². The number of amides is 2. The first-order chi connectivity index (χ1) is 10.2. The van der Waals surface area contributed by atoms with Gasteiger partial charge in [-0.2, -0.15) is 0 Å². The van der Waals surface area contributed by atoms with Crippen molar-refractivity contribution in [3.63, 3.8) is 0 Å². The second kappa shape index (κ2) is 7.78. The largest absolute Gasteiger partial charge is 0.338 e. The van der Waals surface area contributed by atoms with Crippen LogP contribution in [0.3, 0.4) is 0 Å². The Balaban J connectivity index is 1.78. The van der Waals surface area contributed by atoms with Crippen LogP contribution in [-0.2, 0) is 9.59 Å². The number of carbonyl (C=O) groups is 2. The summed E-state index contributed by atoms with van der Waals surface area (Å²) in [4.78, 5) is 27.7. The van der Waals surface area contributed by atoms with Crippen molar-refractivity contribution in [3.05, 3.63) is 0 Å². The van der Waals surface area contributed by atoms with Gasteiger partial charge in [0.15, 0.2) is 0 Å². The number of nitrogens with one attached hydrogen (secondary N) is 1. The minimum Gasteiger partial charge on any atom is -0.338 e. The van der Waals surface area contributed by atoms with Gasteiger partial charge in [0, 0.05) is 51.1 Å². The van der Waals surface area contributed by atoms with E-state index in [0.29, 0.717) is 36.7 Å². The molecule has 2 fully saturated rings. The quantitative estimate of drug-likeness (QED) is 0.736. The molecule has 0 radical (unpaired) electrons. The highest BCUT2D eigenvalue weighted by atomic mass is 16.2. The average molecular weight is 295 g/mol. The lowest BCUT2D eigenvalue weighted by Crippen LogP contribution is -2.47. The first-order valence-corrected chi connectivity index (χ1v) is 8.47. The van der Waals surface area contributed by atoms with E-state index in [9.17, 15) is 9.59 Å². The Kier molecular flexibility index (Phi) is 6.03. The number of hydrogen-bond acceptors (Lipinski definition) is 3. The Morgan fingerprint density at radius 3 is 1.62 bits per heavy atom. The normalized spacial score (nSPS) is 22.2. The maximum Gasteiger partial charge on any atom is 0.222 e. The summed E-state index contributed by atoms with van der Waals surface area (Å²) in [5.74, 6) is 0.593. The van der Waals surface area contributed by atoms with Crippen LogP contribution in [0.2, 0.25) is 0 Å². The third kappa shape index (κ3) is 3.96. The molecular weight excluding hydrogens is 266 g/mol. The fourth-order valence-corrected chi connectivity index (χ4v) is 3.48. The zero-order chi connectivity index (χ0) is 15.2. The van der Waals surface area contributed by atoms with Gasteiger partial charge in [0.25, 0.3) is 0 Å². The maximum absolute atomic E-state index is 11.8. The van der Waals surface area contributed by atoms with Crippen LogP contribution in [0.1, 0.15) is 52.4 Å². The summed E-state index contributed by atoms with van der Waals surface area (Å²) in [5.41, 5.74) is 0. The lowest BCUT2D eigenvalue weighted by Gasteiger charge is -2.30. The average Bonchev–Trinajstić information content (AvgIpc) is 3.09. The Labute approximate surface area is 128 Å². The van der Waals surface area contributed by atoms with Gasteiger partial charge >= 0.3 is 0 Å². The standard InChI is InChI=1S/C16H29N3O2/c1-3-13(18-9-5-7-15(18)20)11-17-12-14(4-2)19-10-6-8-16(19)21/h13-14,17H,3-12H2,1-2H3. The molecule has 21 heavy (non-hydrogen) atoms. The summed E-state index contributed by atoms with van der Waals surface area (Å²) in [7, 11) is 0. The van der Waals surface area contributed by atoms with Crippen LogP contribution in [0.5, 0.6) is 0 Å². The molecule has 5 heteroatoms. The van der Waals surface area contributed by atoms with Crippen molar-refractivity contribution in [1.29, 1.82) is 0 Å². The zero-order valence-corrected chi connectivity index (χ0v) is 13.4. The second-order valence-electron chi connectivity index (χ2n) is 6.16. The van der Waals surface area contributed by atoms with E-state index < -0.39 is 0 Å². The third-order valence-corrected chi connectivity index (χ3v) is 4.80. The molecule has 120 valence electrons. The van der Waals surface area contributed by atoms with Crippen LogP contribution in [-0.4, -0.2) is 59.9 Å². The van der Waals surface area contributed by atoms with Gasteiger partial charge in [0.2, 0.25) is 11.8 Å². The van der Waals surface area contributed by atoms with Gasteiger partial charge in [-0.15, -0.1) is 0 Å². The predicted molar refractivity (Wildman–Crippen MR) is 82.9 cm³/mol. The minimum atomic E-state index is 0.297. The number of nitrogens with zero attached hydrogens (tertiary/aromatic N) is 2. The SMILES string of the molecule is CCC(CNCC(CC)N1CCCC1=O)N1CCCC1=O. The Hall–Kier alpha value is -1.10. The monoisotopic (exact) mass is 295 g/mol. The number of hydrogen-bond donors (Lipinski definition) is 1. The van der Waals surface area contributed by atoms with Gasteiger partial charge in [-0.1, -0.05) is 13.8 Å². The zero-order valence-electron chi connectivity index (χ0n) is 13.4. The molecule has 5 nitrogen and oxygen atoms in total. The lowest BCUT2D eigenvalue weighted by atomic mass is 10.1. The van der Waals surface area contributed by atoms with Crippen LogP contribution >= 0.6 is 0 Å². The van der Waals surface area contributed by atoms with E-state index in [1.54, 1.807) is 0 Å². The van der Waals surface area contributed by atoms with Crippen molar-refractivity contribution >= 4 is 11.8 Å². The molecule has 2 rings (SSSR count). The Bertz CT molecular complexity index is 339. The van der Waals surface area contributed by atoms with Crippen LogP contribution in [0, 0.1) is 0 Å². The molecule has 2 atom stereocenters. The molecule has 2 amide bonds. The van der Waals surface area contributed by atoms with Gasteiger partial charge in [-0.05, 0) is 25.7 Å². The lowest BCUT2D eigenvalue weighted by molar-refractivity contribution is -0.130. The third-order valence-electron chi connectivity index (χ3n) is 4.80. The molecule has 0 aromatic rings. The maximum atomic E-state index is 11.8. The van der Waals surface area contributed by atoms with E-state index >= 15 is 0 Å². The first kappa shape index (κ1) is 16.3. The summed E-state index contributed by atoms with van der Waals surface area (Å²) in [6.07, 6.45) is 5.37. The molecule has 1 N–H and O–H groups in total. The number of carbonyl (C=O) groups excluding carboxylic acids is 2. The van der Waals surface area contributed by atoms with Gasteiger partial charge in [-0.3, -0.25) is 9.59 Å². The molecule has 2 saturated heterocycles. The smallest absolute Gasteiger partial charge is 0.222 e. The molecule has 2 aliphatic rings. The Morgan fingerprint density at radius 2 is 1.33 bits per heavy atom. The highest BCUT2D eigenvalue weighted by molar-refractivity contribution is 5.78. The summed E-state index contributed by atoms with van der Waals surface area (Å²) < 4.78 is 0. The summed E-state index contributed by atoms with van der Waals surface area (Å²) in [6.45, 7) is 7.75. The molecule has 0 aliphatic carbocycles. The van der Waals surface area contributed by atoms with E-state index in [1.807, 2.05) is 9.80 Å². The van der Waals surface area contributed by atoms with Crippen molar-refractivity contribution in [3.8, 4) is 0 Å². The molecule has 0 aromatic heterocycles. The van der Waals surface area contributed by atoms with Crippen molar-refractivity contribution in [2.45, 2.75) is 64.5 Å². The molecular formula is C16H29N3O2. The number of likely N-dealkylation sites (tertiary alicyclic amines) is 2. The highest BCUT2D eigenvalue weighted by Crippen LogP contribution is 2.17. The van der Waals surface area contributed by atoms with Crippen LogP contribution in [0.15, 0.2) is 0 Å². The second-order valence-corrected chi connectivity index (χ2v) is 6.16. The molecule has 0 aromatic carbocycles. The fourth-order valence-electron chi connectivity index (χ4n) is 3.48. The van der Waals surface area contributed by atoms with Crippen molar-refractivity contribution < 1.29 is 9.59 Å². The molecule has 0 bridgehead atoms. The molecule has 0 saturated carbocycles. The van der Waals surface area contributed by atoms with Crippen LogP contribution in [0.25, 0.3) is 0 Å². The molecule has 2 aliphatic heterocycles. The van der Waals surface area contributed by atoms with Crippen molar-refractivity contribution in [2.75, 3.05) is 26.2 Å². The van der Waals surface area contributed by atoms with Gasteiger partial charge in [0.1, 0.15) is 0 Å². The van der Waals surface area contributed by atoms with Crippen molar-refractivity contribution in [2.24, 2.45) is 0 Å². The van der Waals surface area contributed by atoms with Gasteiger partial charge < -0.3 is 15.1 Å². The highest BCUT2D eigenvalue weighted by Gasteiger charge is 2.28. The number of rotatable bonds is 8. The van der Waals surface area contributed by atoms with Gasteiger partial charge in [-0.25, -0.2) is 0 Å². The fraction of sp³-hybridized carbons (Fsp3) is 0.875. The van der Waals surface area contributed by atoms with Crippen molar-refractivity contribution in [1.82, 2.24) is 15.1 Å².